The van der Waals surface area contributed by atoms with Gasteiger partial charge in [-0.25, -0.2) is 13.2 Å². The number of carbonyl (C=O) groups excluding carboxylic acids is 2. The third kappa shape index (κ3) is 4.36. The number of benzene rings is 2. The maximum atomic E-state index is 12.6. The molecule has 0 aromatic heterocycles. The maximum absolute atomic E-state index is 12.6. The van der Waals surface area contributed by atoms with Crippen LogP contribution in [0, 0.1) is 0 Å². The molecule has 138 valence electrons. The van der Waals surface area contributed by atoms with Crippen LogP contribution in [0.15, 0.2) is 53.4 Å². The number of rotatable bonds is 7. The van der Waals surface area contributed by atoms with Crippen LogP contribution in [0.3, 0.4) is 0 Å². The van der Waals surface area contributed by atoms with Gasteiger partial charge in [-0.15, -0.1) is 0 Å². The molecule has 0 amide bonds. The zero-order chi connectivity index (χ0) is 19.3. The molecule has 0 heterocycles. The summed E-state index contributed by atoms with van der Waals surface area (Å²) in [6.45, 7) is 5.60. The third-order valence-corrected chi connectivity index (χ3v) is 5.91. The van der Waals surface area contributed by atoms with E-state index in [9.17, 15) is 18.0 Å². The van der Waals surface area contributed by atoms with Gasteiger partial charge in [0.1, 0.15) is 5.75 Å². The van der Waals surface area contributed by atoms with Crippen molar-refractivity contribution in [1.29, 1.82) is 0 Å². The molecule has 0 aliphatic rings. The Labute approximate surface area is 153 Å². The Morgan fingerprint density at radius 2 is 1.58 bits per heavy atom. The molecule has 0 bridgehead atoms. The predicted octanol–water partition coefficient (Wildman–Crippen LogP) is 3.14. The normalized spacial score (nSPS) is 11.4. The fourth-order valence-corrected chi connectivity index (χ4v) is 3.95. The number of ether oxygens (including phenoxy) is 1. The molecule has 26 heavy (non-hydrogen) atoms. The SMILES string of the molecule is CCN(CC)S(=O)(=O)c1cccc(C(=O)Oc2cccc(C(C)=O)c2)c1. The van der Waals surface area contributed by atoms with Crippen LogP contribution in [0.25, 0.3) is 0 Å². The Bertz CT molecular complexity index is 917. The highest BCUT2D eigenvalue weighted by molar-refractivity contribution is 7.89. The van der Waals surface area contributed by atoms with Crippen molar-refractivity contribution >= 4 is 21.8 Å². The Hall–Kier alpha value is -2.51. The fraction of sp³-hybridized carbons (Fsp3) is 0.263. The smallest absolute Gasteiger partial charge is 0.343 e. The average Bonchev–Trinajstić information content (AvgIpc) is 2.62. The first kappa shape index (κ1) is 19.8. The molecule has 0 aliphatic heterocycles. The van der Waals surface area contributed by atoms with Crippen LogP contribution in [0.1, 0.15) is 41.5 Å². The van der Waals surface area contributed by atoms with E-state index in [2.05, 4.69) is 0 Å². The molecule has 0 saturated carbocycles. The summed E-state index contributed by atoms with van der Waals surface area (Å²) in [5.41, 5.74) is 0.541. The largest absolute Gasteiger partial charge is 0.423 e. The molecule has 0 radical (unpaired) electrons. The van der Waals surface area contributed by atoms with Crippen molar-refractivity contribution in [2.24, 2.45) is 0 Å². The van der Waals surface area contributed by atoms with Crippen LogP contribution in [-0.4, -0.2) is 37.6 Å². The summed E-state index contributed by atoms with van der Waals surface area (Å²) < 4.78 is 31.8. The van der Waals surface area contributed by atoms with Gasteiger partial charge in [0, 0.05) is 18.7 Å². The molecular formula is C19H21NO5S. The van der Waals surface area contributed by atoms with Crippen molar-refractivity contribution in [2.75, 3.05) is 13.1 Å². The minimum absolute atomic E-state index is 0.0353. The topological polar surface area (TPSA) is 80.8 Å². The lowest BCUT2D eigenvalue weighted by molar-refractivity contribution is 0.0733. The Morgan fingerprint density at radius 1 is 0.962 bits per heavy atom. The van der Waals surface area contributed by atoms with Crippen LogP contribution in [0.2, 0.25) is 0 Å². The highest BCUT2D eigenvalue weighted by Crippen LogP contribution is 2.19. The van der Waals surface area contributed by atoms with Gasteiger partial charge < -0.3 is 4.74 Å². The van der Waals surface area contributed by atoms with Crippen LogP contribution in [0.5, 0.6) is 5.75 Å². The minimum Gasteiger partial charge on any atom is -0.423 e. The molecular weight excluding hydrogens is 354 g/mol. The molecule has 0 spiro atoms. The van der Waals surface area contributed by atoms with Crippen molar-refractivity contribution in [2.45, 2.75) is 25.7 Å². The van der Waals surface area contributed by atoms with E-state index >= 15 is 0 Å². The number of nitrogens with zero attached hydrogens (tertiary/aromatic N) is 1. The lowest BCUT2D eigenvalue weighted by atomic mass is 10.1. The first-order valence-corrected chi connectivity index (χ1v) is 9.67. The Balaban J connectivity index is 2.29. The number of esters is 1. The molecule has 0 fully saturated rings. The van der Waals surface area contributed by atoms with Gasteiger partial charge in [0.05, 0.1) is 10.5 Å². The van der Waals surface area contributed by atoms with Crippen molar-refractivity contribution in [3.63, 3.8) is 0 Å². The molecule has 2 rings (SSSR count). The molecule has 0 N–H and O–H groups in total. The summed E-state index contributed by atoms with van der Waals surface area (Å²) in [5.74, 6) is -0.614. The van der Waals surface area contributed by atoms with E-state index in [0.29, 0.717) is 18.7 Å². The summed E-state index contributed by atoms with van der Waals surface area (Å²) in [7, 11) is -3.67. The molecule has 0 aliphatic carbocycles. The van der Waals surface area contributed by atoms with E-state index in [1.807, 2.05) is 0 Å². The van der Waals surface area contributed by atoms with Gasteiger partial charge in [0.15, 0.2) is 5.78 Å². The van der Waals surface area contributed by atoms with E-state index < -0.39 is 16.0 Å². The summed E-state index contributed by atoms with van der Waals surface area (Å²) in [4.78, 5) is 23.8. The number of ketones is 1. The van der Waals surface area contributed by atoms with E-state index in [1.54, 1.807) is 32.0 Å². The fourth-order valence-electron chi connectivity index (χ4n) is 2.44. The zero-order valence-electron chi connectivity index (χ0n) is 14.9. The van der Waals surface area contributed by atoms with Gasteiger partial charge in [-0.2, -0.15) is 4.31 Å². The Kier molecular flexibility index (Phi) is 6.28. The second-order valence-electron chi connectivity index (χ2n) is 5.59. The van der Waals surface area contributed by atoms with E-state index in [1.165, 1.54) is 41.6 Å². The van der Waals surface area contributed by atoms with Gasteiger partial charge >= 0.3 is 5.97 Å². The van der Waals surface area contributed by atoms with E-state index in [0.717, 1.165) is 0 Å². The summed E-state index contributed by atoms with van der Waals surface area (Å²) >= 11 is 0. The lowest BCUT2D eigenvalue weighted by Crippen LogP contribution is -2.30. The second-order valence-corrected chi connectivity index (χ2v) is 7.53. The molecule has 7 heteroatoms. The van der Waals surface area contributed by atoms with Crippen molar-refractivity contribution in [3.8, 4) is 5.75 Å². The minimum atomic E-state index is -3.67. The number of sulfonamides is 1. The average molecular weight is 375 g/mol. The van der Waals surface area contributed by atoms with E-state index in [-0.39, 0.29) is 22.0 Å². The van der Waals surface area contributed by atoms with Gasteiger partial charge in [0.2, 0.25) is 10.0 Å². The molecule has 0 saturated heterocycles. The van der Waals surface area contributed by atoms with Gasteiger partial charge in [-0.3, -0.25) is 4.79 Å². The zero-order valence-corrected chi connectivity index (χ0v) is 15.7. The third-order valence-electron chi connectivity index (χ3n) is 3.86. The Morgan fingerprint density at radius 3 is 2.19 bits per heavy atom. The molecule has 2 aromatic carbocycles. The van der Waals surface area contributed by atoms with Gasteiger partial charge in [-0.1, -0.05) is 32.0 Å². The first-order valence-electron chi connectivity index (χ1n) is 8.23. The lowest BCUT2D eigenvalue weighted by Gasteiger charge is -2.18. The number of hydrogen-bond acceptors (Lipinski definition) is 5. The standard InChI is InChI=1S/C19H21NO5S/c1-4-20(5-2)26(23,24)18-11-7-9-16(13-18)19(22)25-17-10-6-8-15(12-17)14(3)21/h6-13H,4-5H2,1-3H3. The van der Waals surface area contributed by atoms with E-state index in [4.69, 9.17) is 4.74 Å². The van der Waals surface area contributed by atoms with Crippen molar-refractivity contribution in [1.82, 2.24) is 4.31 Å². The maximum Gasteiger partial charge on any atom is 0.343 e. The second kappa shape index (κ2) is 8.25. The predicted molar refractivity (Wildman–Crippen MR) is 98.0 cm³/mol. The highest BCUT2D eigenvalue weighted by atomic mass is 32.2. The quantitative estimate of drug-likeness (QED) is 0.422. The summed E-state index contributed by atoms with van der Waals surface area (Å²) in [6.07, 6.45) is 0. The van der Waals surface area contributed by atoms with Crippen LogP contribution >= 0.6 is 0 Å². The van der Waals surface area contributed by atoms with Crippen molar-refractivity contribution < 1.29 is 22.7 Å². The van der Waals surface area contributed by atoms with Crippen LogP contribution in [-0.2, 0) is 10.0 Å². The molecule has 0 atom stereocenters. The van der Waals surface area contributed by atoms with Crippen LogP contribution in [0.4, 0.5) is 0 Å². The molecule has 2 aromatic rings. The number of carbonyl (C=O) groups is 2. The van der Waals surface area contributed by atoms with Crippen LogP contribution < -0.4 is 4.74 Å². The van der Waals surface area contributed by atoms with Gasteiger partial charge in [-0.05, 0) is 37.3 Å². The molecule has 0 unspecified atom stereocenters. The summed E-state index contributed by atoms with van der Waals surface area (Å²) in [6, 6.07) is 12.0. The molecule has 6 nitrogen and oxygen atoms in total. The first-order chi connectivity index (χ1) is 12.3. The number of hydrogen-bond donors (Lipinski definition) is 0. The summed E-state index contributed by atoms with van der Waals surface area (Å²) in [5, 5.41) is 0. The van der Waals surface area contributed by atoms with Crippen molar-refractivity contribution in [3.05, 3.63) is 59.7 Å². The monoisotopic (exact) mass is 375 g/mol. The number of Topliss-reactive ketones (excluding diaryl/α,β-unsaturated/α-hetero) is 1. The van der Waals surface area contributed by atoms with Gasteiger partial charge in [0.25, 0.3) is 0 Å². The highest BCUT2D eigenvalue weighted by Gasteiger charge is 2.23.